The van der Waals surface area contributed by atoms with Crippen molar-refractivity contribution in [1.82, 2.24) is 24.9 Å². The van der Waals surface area contributed by atoms with Crippen molar-refractivity contribution in [2.45, 2.75) is 32.9 Å². The fourth-order valence-corrected chi connectivity index (χ4v) is 2.34. The minimum Gasteiger partial charge on any atom is -0.354 e. The van der Waals surface area contributed by atoms with E-state index in [2.05, 4.69) is 15.5 Å². The van der Waals surface area contributed by atoms with Gasteiger partial charge in [0.2, 0.25) is 5.91 Å². The van der Waals surface area contributed by atoms with Crippen LogP contribution in [0.2, 0.25) is 10.0 Å². The molecule has 0 radical (unpaired) electrons. The summed E-state index contributed by atoms with van der Waals surface area (Å²) in [5.74, 6) is -0.327. The Kier molecular flexibility index (Phi) is 5.95. The molecule has 0 spiro atoms. The summed E-state index contributed by atoms with van der Waals surface area (Å²) in [6, 6.07) is 0. The highest BCUT2D eigenvalue weighted by Crippen LogP contribution is 2.28. The molecule has 0 aliphatic carbocycles. The molecule has 2 aromatic heterocycles. The summed E-state index contributed by atoms with van der Waals surface area (Å²) >= 11 is 11.5. The second kappa shape index (κ2) is 7.74. The third kappa shape index (κ3) is 4.65. The molecule has 0 saturated carbocycles. The second-order valence-electron chi connectivity index (χ2n) is 4.87. The molecule has 0 aliphatic rings. The van der Waals surface area contributed by atoms with Gasteiger partial charge in [-0.2, -0.15) is 10.2 Å². The number of nitrogens with one attached hydrogen (secondary N) is 1. The van der Waals surface area contributed by atoms with Crippen LogP contribution in [0.5, 0.6) is 0 Å². The molecule has 2 aromatic rings. The van der Waals surface area contributed by atoms with Crippen LogP contribution in [0.3, 0.4) is 0 Å². The summed E-state index contributed by atoms with van der Waals surface area (Å²) in [7, 11) is 0. The highest BCUT2D eigenvalue weighted by atomic mass is 35.5. The highest BCUT2D eigenvalue weighted by Gasteiger charge is 2.21. The van der Waals surface area contributed by atoms with Gasteiger partial charge in [0.1, 0.15) is 12.2 Å². The van der Waals surface area contributed by atoms with Gasteiger partial charge in [-0.1, -0.05) is 23.2 Å². The number of aromatic nitrogens is 4. The Balaban J connectivity index is 1.80. The van der Waals surface area contributed by atoms with Crippen molar-refractivity contribution in [3.63, 3.8) is 0 Å². The zero-order chi connectivity index (χ0) is 17.0. The quantitative estimate of drug-likeness (QED) is 0.767. The first-order chi connectivity index (χ1) is 10.9. The van der Waals surface area contributed by atoms with Crippen LogP contribution in [0.1, 0.15) is 24.2 Å². The highest BCUT2D eigenvalue weighted by molar-refractivity contribution is 6.32. The first-order valence-corrected chi connectivity index (χ1v) is 7.59. The van der Waals surface area contributed by atoms with Crippen molar-refractivity contribution in [3.8, 4) is 0 Å². The van der Waals surface area contributed by atoms with Crippen LogP contribution in [0.4, 0.5) is 8.78 Å². The van der Waals surface area contributed by atoms with Crippen molar-refractivity contribution >= 4 is 29.1 Å². The zero-order valence-electron chi connectivity index (χ0n) is 12.3. The van der Waals surface area contributed by atoms with Crippen LogP contribution in [0, 0.1) is 6.92 Å². The van der Waals surface area contributed by atoms with Gasteiger partial charge in [0, 0.05) is 19.3 Å². The Morgan fingerprint density at radius 1 is 1.43 bits per heavy atom. The van der Waals surface area contributed by atoms with Gasteiger partial charge in [-0.15, -0.1) is 0 Å². The van der Waals surface area contributed by atoms with Gasteiger partial charge in [0.05, 0.1) is 21.9 Å². The maximum absolute atomic E-state index is 12.7. The van der Waals surface area contributed by atoms with Crippen molar-refractivity contribution in [3.05, 3.63) is 33.8 Å². The molecule has 0 unspecified atom stereocenters. The minimum atomic E-state index is -2.77. The molecule has 126 valence electrons. The van der Waals surface area contributed by atoms with Gasteiger partial charge >= 0.3 is 0 Å². The number of amides is 1. The average Bonchev–Trinajstić information content (AvgIpc) is 3.02. The minimum absolute atomic E-state index is 0.108. The molecule has 2 rings (SSSR count). The van der Waals surface area contributed by atoms with Crippen LogP contribution < -0.4 is 5.32 Å². The fraction of sp³-hybridized carbons (Fsp3) is 0.462. The molecule has 0 aliphatic heterocycles. The van der Waals surface area contributed by atoms with Gasteiger partial charge in [-0.3, -0.25) is 14.2 Å². The number of carbonyl (C=O) groups excluding carboxylic acids is 1. The number of halogens is 4. The molecule has 1 N–H and O–H groups in total. The van der Waals surface area contributed by atoms with E-state index >= 15 is 0 Å². The molecular weight excluding hydrogens is 351 g/mol. The fourth-order valence-electron chi connectivity index (χ4n) is 1.96. The molecule has 0 bridgehead atoms. The van der Waals surface area contributed by atoms with E-state index in [-0.39, 0.29) is 17.5 Å². The summed E-state index contributed by atoms with van der Waals surface area (Å²) in [6.07, 6.45) is 1.10. The van der Waals surface area contributed by atoms with E-state index in [1.807, 2.05) is 0 Å². The molecule has 6 nitrogen and oxygen atoms in total. The normalized spacial score (nSPS) is 11.2. The molecule has 0 saturated heterocycles. The van der Waals surface area contributed by atoms with Gasteiger partial charge in [0.15, 0.2) is 0 Å². The van der Waals surface area contributed by atoms with Gasteiger partial charge in [0.25, 0.3) is 6.43 Å². The third-order valence-corrected chi connectivity index (χ3v) is 3.81. The Labute approximate surface area is 141 Å². The van der Waals surface area contributed by atoms with Gasteiger partial charge in [-0.25, -0.2) is 8.78 Å². The molecule has 0 aromatic carbocycles. The largest absolute Gasteiger partial charge is 0.354 e. The molecule has 2 heterocycles. The smallest absolute Gasteiger partial charge is 0.283 e. The van der Waals surface area contributed by atoms with Crippen LogP contribution in [-0.4, -0.2) is 32.0 Å². The first kappa shape index (κ1) is 17.7. The van der Waals surface area contributed by atoms with Gasteiger partial charge in [-0.05, 0) is 13.3 Å². The Morgan fingerprint density at radius 3 is 2.74 bits per heavy atom. The Bertz CT molecular complexity index is 686. The SMILES string of the molecule is Cc1c(Cl)c(C(F)F)nn1CC(=O)NCCCn1cc(Cl)cn1. The van der Waals surface area contributed by atoms with Gasteiger partial charge < -0.3 is 5.32 Å². The van der Waals surface area contributed by atoms with Crippen LogP contribution in [0.25, 0.3) is 0 Å². The molecule has 23 heavy (non-hydrogen) atoms. The number of carbonyl (C=O) groups is 1. The van der Waals surface area contributed by atoms with E-state index in [1.165, 1.54) is 17.8 Å². The Hall–Kier alpha value is -1.67. The molecular formula is C13H15Cl2F2N5O. The lowest BCUT2D eigenvalue weighted by Crippen LogP contribution is -2.29. The topological polar surface area (TPSA) is 64.7 Å². The lowest BCUT2D eigenvalue weighted by Gasteiger charge is -2.07. The lowest BCUT2D eigenvalue weighted by molar-refractivity contribution is -0.121. The van der Waals surface area contributed by atoms with E-state index in [1.54, 1.807) is 10.9 Å². The van der Waals surface area contributed by atoms with Crippen LogP contribution >= 0.6 is 23.2 Å². The summed E-state index contributed by atoms with van der Waals surface area (Å²) in [6.45, 7) is 2.41. The first-order valence-electron chi connectivity index (χ1n) is 6.84. The maximum Gasteiger partial charge on any atom is 0.283 e. The Morgan fingerprint density at radius 2 is 2.17 bits per heavy atom. The third-order valence-electron chi connectivity index (χ3n) is 3.15. The van der Waals surface area contributed by atoms with Crippen LogP contribution in [-0.2, 0) is 17.9 Å². The average molecular weight is 366 g/mol. The number of aryl methyl sites for hydroxylation is 1. The second-order valence-corrected chi connectivity index (χ2v) is 5.68. The summed E-state index contributed by atoms with van der Waals surface area (Å²) in [4.78, 5) is 11.8. The van der Waals surface area contributed by atoms with Crippen molar-refractivity contribution in [2.75, 3.05) is 6.54 Å². The van der Waals surface area contributed by atoms with E-state index in [0.717, 1.165) is 0 Å². The molecule has 0 fully saturated rings. The van der Waals surface area contributed by atoms with E-state index in [0.29, 0.717) is 30.2 Å². The van der Waals surface area contributed by atoms with Crippen molar-refractivity contribution < 1.29 is 13.6 Å². The monoisotopic (exact) mass is 365 g/mol. The van der Waals surface area contributed by atoms with Crippen LogP contribution in [0.15, 0.2) is 12.4 Å². The zero-order valence-corrected chi connectivity index (χ0v) is 13.8. The predicted molar refractivity (Wildman–Crippen MR) is 81.8 cm³/mol. The predicted octanol–water partition coefficient (Wildman–Crippen LogP) is 2.84. The molecule has 1 amide bonds. The summed E-state index contributed by atoms with van der Waals surface area (Å²) in [5, 5.41) is 10.8. The molecule has 10 heteroatoms. The number of alkyl halides is 2. The van der Waals surface area contributed by atoms with Crippen molar-refractivity contribution in [1.29, 1.82) is 0 Å². The summed E-state index contributed by atoms with van der Waals surface area (Å²) in [5.41, 5.74) is -0.171. The number of hydrogen-bond acceptors (Lipinski definition) is 3. The van der Waals surface area contributed by atoms with E-state index in [4.69, 9.17) is 23.2 Å². The summed E-state index contributed by atoms with van der Waals surface area (Å²) < 4.78 is 28.2. The van der Waals surface area contributed by atoms with E-state index in [9.17, 15) is 13.6 Å². The lowest BCUT2D eigenvalue weighted by atomic mass is 10.3. The number of rotatable bonds is 7. The molecule has 0 atom stereocenters. The maximum atomic E-state index is 12.7. The number of hydrogen-bond donors (Lipinski definition) is 1. The standard InChI is InChI=1S/C13H15Cl2F2N5O/c1-8-11(15)12(13(16)17)20-22(8)7-10(23)18-3-2-4-21-6-9(14)5-19-21/h5-6,13H,2-4,7H2,1H3,(H,18,23). The number of nitrogens with zero attached hydrogens (tertiary/aromatic N) is 4. The van der Waals surface area contributed by atoms with Crippen molar-refractivity contribution in [2.24, 2.45) is 0 Å². The van der Waals surface area contributed by atoms with E-state index < -0.39 is 12.1 Å².